The molecule has 33 heavy (non-hydrogen) atoms. The summed E-state index contributed by atoms with van der Waals surface area (Å²) in [5.74, 6) is -0.108. The summed E-state index contributed by atoms with van der Waals surface area (Å²) >= 11 is 0. The Labute approximate surface area is 203 Å². The molecule has 5 rings (SSSR count). The smallest absolute Gasteiger partial charge is 0.156 e. The molecular formula is C23H26Cl2F2N6. The SMILES string of the molecule is Cc1cn2nc(-c3cc(F)c4cc(C5CCN(CCF)CC5)nnc4c3)cc(C)c2n1.Cl.Cl. The van der Waals surface area contributed by atoms with Crippen LogP contribution in [0.1, 0.15) is 35.7 Å². The van der Waals surface area contributed by atoms with E-state index >= 15 is 4.39 Å². The molecule has 3 aromatic heterocycles. The highest BCUT2D eigenvalue weighted by Gasteiger charge is 2.22. The Balaban J connectivity index is 0.00000153. The summed E-state index contributed by atoms with van der Waals surface area (Å²) < 4.78 is 29.4. The molecule has 0 N–H and O–H groups in total. The van der Waals surface area contributed by atoms with Crippen LogP contribution in [0.2, 0.25) is 0 Å². The summed E-state index contributed by atoms with van der Waals surface area (Å²) in [5, 5.41) is 13.8. The molecule has 176 valence electrons. The average molecular weight is 495 g/mol. The number of piperidine rings is 1. The number of rotatable bonds is 4. The fraction of sp³-hybridized carbons (Fsp3) is 0.391. The number of aryl methyl sites for hydroxylation is 2. The molecule has 4 heterocycles. The van der Waals surface area contributed by atoms with Crippen molar-refractivity contribution in [3.05, 3.63) is 53.2 Å². The quantitative estimate of drug-likeness (QED) is 0.395. The van der Waals surface area contributed by atoms with Crippen LogP contribution in [0.5, 0.6) is 0 Å². The van der Waals surface area contributed by atoms with Crippen molar-refractivity contribution in [3.63, 3.8) is 0 Å². The number of hydrogen-bond donors (Lipinski definition) is 0. The molecule has 0 saturated carbocycles. The monoisotopic (exact) mass is 494 g/mol. The molecular weight excluding hydrogens is 469 g/mol. The molecule has 1 aliphatic rings. The van der Waals surface area contributed by atoms with Crippen LogP contribution < -0.4 is 0 Å². The predicted molar refractivity (Wildman–Crippen MR) is 130 cm³/mol. The topological polar surface area (TPSA) is 59.2 Å². The highest BCUT2D eigenvalue weighted by atomic mass is 35.5. The number of alkyl halides is 1. The summed E-state index contributed by atoms with van der Waals surface area (Å²) in [5.41, 5.74) is 5.28. The lowest BCUT2D eigenvalue weighted by atomic mass is 9.92. The number of hydrogen-bond acceptors (Lipinski definition) is 5. The van der Waals surface area contributed by atoms with Gasteiger partial charge in [0.2, 0.25) is 0 Å². The number of nitrogens with zero attached hydrogens (tertiary/aromatic N) is 6. The first kappa shape index (κ1) is 25.2. The van der Waals surface area contributed by atoms with Gasteiger partial charge in [0.1, 0.15) is 12.5 Å². The maximum atomic E-state index is 15.1. The highest BCUT2D eigenvalue weighted by molar-refractivity contribution is 5.86. The third kappa shape index (κ3) is 4.93. The molecule has 0 amide bonds. The molecule has 1 aliphatic heterocycles. The lowest BCUT2D eigenvalue weighted by molar-refractivity contribution is 0.195. The zero-order valence-corrected chi connectivity index (χ0v) is 20.1. The van der Waals surface area contributed by atoms with E-state index < -0.39 is 0 Å². The molecule has 1 aromatic carbocycles. The first-order chi connectivity index (χ1) is 15.0. The lowest BCUT2D eigenvalue weighted by Gasteiger charge is -2.30. The first-order valence-corrected chi connectivity index (χ1v) is 10.6. The molecule has 1 fully saturated rings. The van der Waals surface area contributed by atoms with E-state index in [9.17, 15) is 4.39 Å². The van der Waals surface area contributed by atoms with E-state index in [0.717, 1.165) is 48.5 Å². The van der Waals surface area contributed by atoms with Crippen molar-refractivity contribution in [1.82, 2.24) is 29.7 Å². The molecule has 0 bridgehead atoms. The van der Waals surface area contributed by atoms with Crippen LogP contribution >= 0.6 is 24.8 Å². The maximum absolute atomic E-state index is 15.1. The van der Waals surface area contributed by atoms with Gasteiger partial charge in [-0.25, -0.2) is 18.3 Å². The Hall–Kier alpha value is -2.42. The average Bonchev–Trinajstić information content (AvgIpc) is 3.15. The van der Waals surface area contributed by atoms with Crippen LogP contribution in [0.4, 0.5) is 8.78 Å². The highest BCUT2D eigenvalue weighted by Crippen LogP contribution is 2.31. The Kier molecular flexibility index (Phi) is 7.82. The van der Waals surface area contributed by atoms with E-state index in [1.54, 1.807) is 4.52 Å². The van der Waals surface area contributed by atoms with Crippen molar-refractivity contribution in [1.29, 1.82) is 0 Å². The minimum atomic E-state index is -0.333. The van der Waals surface area contributed by atoms with Gasteiger partial charge in [0.25, 0.3) is 0 Å². The second-order valence-corrected chi connectivity index (χ2v) is 8.33. The van der Waals surface area contributed by atoms with Gasteiger partial charge in [-0.15, -0.1) is 24.8 Å². The van der Waals surface area contributed by atoms with Gasteiger partial charge in [0.05, 0.1) is 28.8 Å². The number of likely N-dealkylation sites (tertiary alicyclic amines) is 1. The zero-order chi connectivity index (χ0) is 21.5. The Morgan fingerprint density at radius 1 is 1.03 bits per heavy atom. The van der Waals surface area contributed by atoms with Crippen molar-refractivity contribution < 1.29 is 8.78 Å². The van der Waals surface area contributed by atoms with E-state index in [1.165, 1.54) is 6.07 Å². The van der Waals surface area contributed by atoms with Gasteiger partial charge in [-0.05, 0) is 69.6 Å². The molecule has 0 aliphatic carbocycles. The van der Waals surface area contributed by atoms with E-state index in [1.807, 2.05) is 38.2 Å². The van der Waals surface area contributed by atoms with E-state index in [2.05, 4.69) is 25.2 Å². The minimum absolute atomic E-state index is 0. The molecule has 0 radical (unpaired) electrons. The Morgan fingerprint density at radius 2 is 1.79 bits per heavy atom. The van der Waals surface area contributed by atoms with Crippen molar-refractivity contribution in [2.24, 2.45) is 0 Å². The second kappa shape index (κ2) is 10.2. The summed E-state index contributed by atoms with van der Waals surface area (Å²) in [6, 6.07) is 7.07. The van der Waals surface area contributed by atoms with Crippen molar-refractivity contribution in [3.8, 4) is 11.3 Å². The Bertz CT molecular complexity index is 1270. The minimum Gasteiger partial charge on any atom is -0.301 e. The second-order valence-electron chi connectivity index (χ2n) is 8.33. The summed E-state index contributed by atoms with van der Waals surface area (Å²) in [6.45, 7) is 5.70. The molecule has 0 unspecified atom stereocenters. The Morgan fingerprint density at radius 3 is 2.52 bits per heavy atom. The van der Waals surface area contributed by atoms with Crippen molar-refractivity contribution >= 4 is 41.4 Å². The molecule has 10 heteroatoms. The number of halogens is 4. The third-order valence-electron chi connectivity index (χ3n) is 6.11. The summed E-state index contributed by atoms with van der Waals surface area (Å²) in [4.78, 5) is 6.58. The predicted octanol–water partition coefficient (Wildman–Crippen LogP) is 5.09. The van der Waals surface area contributed by atoms with Gasteiger partial charge in [0, 0.05) is 23.4 Å². The molecule has 0 spiro atoms. The van der Waals surface area contributed by atoms with Crippen LogP contribution in [0, 0.1) is 19.7 Å². The summed E-state index contributed by atoms with van der Waals surface area (Å²) in [6.07, 6.45) is 3.62. The van der Waals surface area contributed by atoms with Crippen LogP contribution in [0.15, 0.2) is 30.5 Å². The van der Waals surface area contributed by atoms with Crippen LogP contribution in [0.25, 0.3) is 27.8 Å². The van der Waals surface area contributed by atoms with Crippen LogP contribution in [-0.2, 0) is 0 Å². The number of fused-ring (bicyclic) bond motifs is 2. The lowest BCUT2D eigenvalue weighted by Crippen LogP contribution is -2.34. The fourth-order valence-electron chi connectivity index (χ4n) is 4.42. The van der Waals surface area contributed by atoms with Gasteiger partial charge in [-0.2, -0.15) is 15.3 Å². The molecule has 6 nitrogen and oxygen atoms in total. The first-order valence-electron chi connectivity index (χ1n) is 10.6. The van der Waals surface area contributed by atoms with Gasteiger partial charge in [0.15, 0.2) is 5.65 Å². The van der Waals surface area contributed by atoms with Crippen LogP contribution in [-0.4, -0.2) is 56.0 Å². The van der Waals surface area contributed by atoms with Crippen molar-refractivity contribution in [2.45, 2.75) is 32.6 Å². The summed E-state index contributed by atoms with van der Waals surface area (Å²) in [7, 11) is 0. The van der Waals surface area contributed by atoms with E-state index in [-0.39, 0.29) is 43.2 Å². The molecule has 4 aromatic rings. The normalized spacial score (nSPS) is 14.9. The number of imidazole rings is 1. The van der Waals surface area contributed by atoms with Gasteiger partial charge in [-0.3, -0.25) is 0 Å². The fourth-order valence-corrected chi connectivity index (χ4v) is 4.42. The van der Waals surface area contributed by atoms with Crippen molar-refractivity contribution in [2.75, 3.05) is 26.3 Å². The van der Waals surface area contributed by atoms with E-state index in [4.69, 9.17) is 0 Å². The number of benzene rings is 1. The largest absolute Gasteiger partial charge is 0.301 e. The molecule has 1 saturated heterocycles. The molecule has 0 atom stereocenters. The van der Waals surface area contributed by atoms with Gasteiger partial charge >= 0.3 is 0 Å². The standard InChI is InChI=1S/C23H24F2N6.2ClH/c1-14-9-21(29-31-13-15(2)26-23(14)31)17-10-19(25)18-12-20(27-28-22(18)11-17)16-3-6-30(7-4-16)8-5-24;;/h9-13,16H,3-8H2,1-2H3;2*1H. The van der Waals surface area contributed by atoms with Crippen LogP contribution in [0.3, 0.4) is 0 Å². The van der Waals surface area contributed by atoms with E-state index in [0.29, 0.717) is 28.7 Å². The number of aromatic nitrogens is 5. The zero-order valence-electron chi connectivity index (χ0n) is 18.5. The maximum Gasteiger partial charge on any atom is 0.156 e. The third-order valence-corrected chi connectivity index (χ3v) is 6.11. The van der Waals surface area contributed by atoms with Gasteiger partial charge in [-0.1, -0.05) is 0 Å². The van der Waals surface area contributed by atoms with Gasteiger partial charge < -0.3 is 4.90 Å².